The number of aliphatic hydroxyl groups is 1. The van der Waals surface area contributed by atoms with Gasteiger partial charge in [0.15, 0.2) is 0 Å². The molecule has 0 radical (unpaired) electrons. The number of aliphatic carboxylic acids is 1. The first-order valence-corrected chi connectivity index (χ1v) is 4.13. The number of hydrogen-bond donors (Lipinski definition) is 1. The van der Waals surface area contributed by atoms with Gasteiger partial charge in [-0.2, -0.15) is 0 Å². The predicted molar refractivity (Wildman–Crippen MR) is 43.5 cm³/mol. The Hall–Kier alpha value is 2.13. The van der Waals surface area contributed by atoms with Gasteiger partial charge >= 0.3 is 109 Å². The van der Waals surface area contributed by atoms with Crippen molar-refractivity contribution in [2.45, 2.75) is 25.7 Å². The van der Waals surface area contributed by atoms with E-state index >= 15 is 0 Å². The Kier molecular flexibility index (Phi) is 32.4. The Bertz CT molecular complexity index is 168. The summed E-state index contributed by atoms with van der Waals surface area (Å²) < 4.78 is 4.51. The topological polar surface area (TPSA) is 117 Å². The van der Waals surface area contributed by atoms with Gasteiger partial charge in [0.05, 0.1) is 6.61 Å². The van der Waals surface area contributed by atoms with E-state index < -0.39 is 5.97 Å². The fraction of sp³-hybridized carbons (Fsp3) is 0.750. The number of esters is 1. The summed E-state index contributed by atoms with van der Waals surface area (Å²) >= 11 is 0. The molecule has 0 aromatic carbocycles. The van der Waals surface area contributed by atoms with Gasteiger partial charge in [0.1, 0.15) is 0 Å². The third-order valence-electron chi connectivity index (χ3n) is 1.33. The minimum absolute atomic E-state index is 0. The largest absolute Gasteiger partial charge is 1.00 e. The molecule has 0 aromatic heterocycles. The summed E-state index contributed by atoms with van der Waals surface area (Å²) in [6.45, 7) is 0.562. The van der Waals surface area contributed by atoms with Crippen LogP contribution in [-0.2, 0) is 14.3 Å². The van der Waals surface area contributed by atoms with Crippen LogP contribution in [0.4, 0.5) is 0 Å². The van der Waals surface area contributed by atoms with Gasteiger partial charge in [0.2, 0.25) is 0 Å². The molecule has 0 atom stereocenters. The van der Waals surface area contributed by atoms with E-state index in [1.165, 1.54) is 0 Å². The minimum Gasteiger partial charge on any atom is -0.870 e. The Balaban J connectivity index is -0.0000000760. The summed E-state index contributed by atoms with van der Waals surface area (Å²) in [7, 11) is 0. The SMILES string of the molecule is O=C([O-])CCCO.O=C1CCCO1.[K+].[K+].[OH-]. The van der Waals surface area contributed by atoms with E-state index in [-0.39, 0.29) is 127 Å². The van der Waals surface area contributed by atoms with Crippen molar-refractivity contribution in [3.63, 3.8) is 0 Å². The Morgan fingerprint density at radius 3 is 2.12 bits per heavy atom. The average molecular weight is 284 g/mol. The molecule has 1 aliphatic rings. The molecule has 0 aromatic rings. The van der Waals surface area contributed by atoms with Gasteiger partial charge in [-0.3, -0.25) is 4.79 Å². The smallest absolute Gasteiger partial charge is 0.870 e. The van der Waals surface area contributed by atoms with Crippen LogP contribution < -0.4 is 108 Å². The second-order valence-electron chi connectivity index (χ2n) is 2.52. The van der Waals surface area contributed by atoms with E-state index in [0.29, 0.717) is 19.4 Å². The van der Waals surface area contributed by atoms with E-state index in [1.807, 2.05) is 0 Å². The van der Waals surface area contributed by atoms with Crippen LogP contribution in [0.2, 0.25) is 0 Å². The fourth-order valence-electron chi connectivity index (χ4n) is 0.698. The van der Waals surface area contributed by atoms with Crippen molar-refractivity contribution >= 4 is 11.9 Å². The van der Waals surface area contributed by atoms with Gasteiger partial charge in [-0.05, 0) is 19.3 Å². The van der Waals surface area contributed by atoms with Crippen LogP contribution in [0.3, 0.4) is 0 Å². The first-order chi connectivity index (χ1) is 6.16. The zero-order chi connectivity index (χ0) is 10.1. The number of carbonyl (C=O) groups excluding carboxylic acids is 2. The maximum Gasteiger partial charge on any atom is 1.00 e. The van der Waals surface area contributed by atoms with Crippen LogP contribution >= 0.6 is 0 Å². The van der Waals surface area contributed by atoms with Crippen molar-refractivity contribution in [1.29, 1.82) is 0 Å². The molecule has 6 nitrogen and oxygen atoms in total. The maximum absolute atomic E-state index is 10.0. The number of rotatable bonds is 3. The summed E-state index contributed by atoms with van der Waals surface area (Å²) in [5, 5.41) is 17.6. The second-order valence-corrected chi connectivity index (χ2v) is 2.52. The number of carboxylic acids is 1. The zero-order valence-corrected chi connectivity index (χ0v) is 16.0. The van der Waals surface area contributed by atoms with E-state index in [2.05, 4.69) is 4.74 Å². The van der Waals surface area contributed by atoms with Crippen molar-refractivity contribution < 1.29 is 133 Å². The molecule has 8 heteroatoms. The van der Waals surface area contributed by atoms with Crippen LogP contribution in [0.1, 0.15) is 25.7 Å². The molecular weight excluding hydrogens is 270 g/mol. The quantitative estimate of drug-likeness (QED) is 0.406. The second kappa shape index (κ2) is 19.5. The number of hydrogen-bond acceptors (Lipinski definition) is 6. The molecule has 1 heterocycles. The molecule has 16 heavy (non-hydrogen) atoms. The van der Waals surface area contributed by atoms with E-state index in [1.54, 1.807) is 0 Å². The molecule has 2 N–H and O–H groups in total. The number of carboxylic acid groups (broad SMARTS) is 1. The summed E-state index contributed by atoms with van der Waals surface area (Å²) in [6, 6.07) is 0. The average Bonchev–Trinajstić information content (AvgIpc) is 2.53. The van der Waals surface area contributed by atoms with Gasteiger partial charge in [0.25, 0.3) is 0 Å². The number of cyclic esters (lactones) is 1. The van der Waals surface area contributed by atoms with E-state index in [0.717, 1.165) is 6.42 Å². The van der Waals surface area contributed by atoms with Crippen molar-refractivity contribution in [1.82, 2.24) is 0 Å². The first-order valence-electron chi connectivity index (χ1n) is 4.13. The predicted octanol–water partition coefficient (Wildman–Crippen LogP) is -7.34. The third kappa shape index (κ3) is 21.4. The molecule has 1 saturated heterocycles. The molecule has 0 spiro atoms. The van der Waals surface area contributed by atoms with Crippen LogP contribution in [0.25, 0.3) is 0 Å². The maximum atomic E-state index is 10.0. The van der Waals surface area contributed by atoms with Crippen LogP contribution in [0, 0.1) is 0 Å². The van der Waals surface area contributed by atoms with E-state index in [9.17, 15) is 14.7 Å². The molecule has 0 saturated carbocycles. The normalized spacial score (nSPS) is 11.7. The molecule has 1 rings (SSSR count). The molecule has 0 unspecified atom stereocenters. The third-order valence-corrected chi connectivity index (χ3v) is 1.33. The summed E-state index contributed by atoms with van der Waals surface area (Å²) in [4.78, 5) is 19.6. The molecule has 1 aliphatic heterocycles. The number of ether oxygens (including phenoxy) is 1. The monoisotopic (exact) mass is 284 g/mol. The van der Waals surface area contributed by atoms with Crippen molar-refractivity contribution in [2.75, 3.05) is 13.2 Å². The molecular formula is C8H14K2O6. The van der Waals surface area contributed by atoms with Crippen LogP contribution in [0.5, 0.6) is 0 Å². The zero-order valence-electron chi connectivity index (χ0n) is 9.77. The van der Waals surface area contributed by atoms with Crippen molar-refractivity contribution in [3.05, 3.63) is 0 Å². The Morgan fingerprint density at radius 2 is 2.00 bits per heavy atom. The van der Waals surface area contributed by atoms with Gasteiger partial charge in [-0.25, -0.2) is 0 Å². The fourth-order valence-corrected chi connectivity index (χ4v) is 0.698. The molecule has 0 bridgehead atoms. The van der Waals surface area contributed by atoms with Gasteiger partial charge in [-0.15, -0.1) is 0 Å². The van der Waals surface area contributed by atoms with Crippen molar-refractivity contribution in [3.8, 4) is 0 Å². The van der Waals surface area contributed by atoms with Gasteiger partial charge in [-0.1, -0.05) is 0 Å². The molecule has 0 amide bonds. The number of carbonyl (C=O) groups is 2. The Labute approximate surface area is 180 Å². The van der Waals surface area contributed by atoms with Gasteiger partial charge < -0.3 is 25.2 Å². The summed E-state index contributed by atoms with van der Waals surface area (Å²) in [5.74, 6) is -1.15. The van der Waals surface area contributed by atoms with Crippen LogP contribution in [0.15, 0.2) is 0 Å². The number of aliphatic hydroxyl groups excluding tert-OH is 1. The molecule has 0 aliphatic carbocycles. The molecule has 84 valence electrons. The Morgan fingerprint density at radius 1 is 1.44 bits per heavy atom. The standard InChI is InChI=1S/C4H8O3.C4H6O2.2K.H2O/c5-3-1-2-4(6)7;5-4-2-1-3-6-4;;;/h5H,1-3H2,(H,6,7);1-3H2;;;1H2/q;;2*+1;/p-2. The first kappa shape index (κ1) is 26.6. The minimum atomic E-state index is -1.10. The summed E-state index contributed by atoms with van der Waals surface area (Å²) in [5.41, 5.74) is 0. The molecule has 1 fully saturated rings. The van der Waals surface area contributed by atoms with Gasteiger partial charge in [0, 0.05) is 19.0 Å². The van der Waals surface area contributed by atoms with Crippen LogP contribution in [-0.4, -0.2) is 35.7 Å². The van der Waals surface area contributed by atoms with E-state index in [4.69, 9.17) is 5.11 Å². The summed E-state index contributed by atoms with van der Waals surface area (Å²) in [6.07, 6.45) is 1.79. The van der Waals surface area contributed by atoms with Crippen molar-refractivity contribution in [2.24, 2.45) is 0 Å².